The normalized spacial score (nSPS) is 14.7. The first-order valence-electron chi connectivity index (χ1n) is 12.8. The summed E-state index contributed by atoms with van der Waals surface area (Å²) in [5.41, 5.74) is 2.60. The van der Waals surface area contributed by atoms with Crippen LogP contribution in [0.25, 0.3) is 6.08 Å². The van der Waals surface area contributed by atoms with Crippen LogP contribution in [0, 0.1) is 0 Å². The van der Waals surface area contributed by atoms with Gasteiger partial charge in [-0.3, -0.25) is 9.36 Å². The van der Waals surface area contributed by atoms with Gasteiger partial charge in [0.15, 0.2) is 10.6 Å². The van der Waals surface area contributed by atoms with Crippen molar-refractivity contribution in [2.24, 2.45) is 4.99 Å². The number of benzene rings is 3. The Labute approximate surface area is 266 Å². The van der Waals surface area contributed by atoms with Crippen LogP contribution in [0.4, 0.5) is 0 Å². The second kappa shape index (κ2) is 12.9. The molecule has 0 saturated heterocycles. The Morgan fingerprint density at radius 1 is 1.00 bits per heavy atom. The molecule has 0 radical (unpaired) electrons. The molecular weight excluding hydrogens is 635 g/mol. The first-order valence-corrected chi connectivity index (χ1v) is 14.8. The summed E-state index contributed by atoms with van der Waals surface area (Å²) in [4.78, 5) is 31.9. The molecule has 0 aliphatic carbocycles. The summed E-state index contributed by atoms with van der Waals surface area (Å²) in [6.45, 7) is 1.82. The lowest BCUT2D eigenvalue weighted by atomic mass is 9.96. The van der Waals surface area contributed by atoms with Crippen molar-refractivity contribution in [3.63, 3.8) is 0 Å². The smallest absolute Gasteiger partial charge is 0.338 e. The van der Waals surface area contributed by atoms with Crippen LogP contribution >= 0.6 is 46.1 Å². The molecule has 0 unspecified atom stereocenters. The second-order valence-electron chi connectivity index (χ2n) is 9.41. The van der Waals surface area contributed by atoms with Gasteiger partial charge < -0.3 is 18.9 Å². The number of allylic oxidation sites excluding steroid dienone is 1. The Morgan fingerprint density at radius 3 is 2.33 bits per heavy atom. The average Bonchev–Trinajstić information content (AvgIpc) is 3.29. The summed E-state index contributed by atoms with van der Waals surface area (Å²) >= 11 is 19.8. The third-order valence-electron chi connectivity index (χ3n) is 6.80. The van der Waals surface area contributed by atoms with Gasteiger partial charge in [0.05, 0.1) is 53.2 Å². The quantitative estimate of drug-likeness (QED) is 0.217. The van der Waals surface area contributed by atoms with E-state index in [1.54, 1.807) is 57.6 Å². The van der Waals surface area contributed by atoms with Gasteiger partial charge in [0.2, 0.25) is 0 Å². The lowest BCUT2D eigenvalue weighted by Crippen LogP contribution is -2.39. The third-order valence-corrected chi connectivity index (χ3v) is 8.56. The van der Waals surface area contributed by atoms with Crippen molar-refractivity contribution in [1.82, 2.24) is 4.57 Å². The van der Waals surface area contributed by atoms with Crippen LogP contribution in [-0.2, 0) is 16.1 Å². The first kappa shape index (κ1) is 30.7. The van der Waals surface area contributed by atoms with Crippen LogP contribution in [0.3, 0.4) is 0 Å². The highest BCUT2D eigenvalue weighted by molar-refractivity contribution is 7.07. The zero-order valence-electron chi connectivity index (χ0n) is 23.4. The summed E-state index contributed by atoms with van der Waals surface area (Å²) in [7, 11) is 4.43. The molecule has 1 aliphatic heterocycles. The number of nitrogens with zero attached hydrogens (tertiary/aromatic N) is 2. The molecule has 1 atom stereocenters. The van der Waals surface area contributed by atoms with E-state index in [4.69, 9.17) is 53.8 Å². The Kier molecular flexibility index (Phi) is 9.17. The molecule has 5 rings (SSSR count). The van der Waals surface area contributed by atoms with Gasteiger partial charge in [-0.1, -0.05) is 64.3 Å². The lowest BCUT2D eigenvalue weighted by Gasteiger charge is -2.24. The number of rotatable bonds is 8. The second-order valence-corrected chi connectivity index (χ2v) is 11.7. The average molecular weight is 660 g/mol. The van der Waals surface area contributed by atoms with E-state index >= 15 is 0 Å². The van der Waals surface area contributed by atoms with E-state index in [0.29, 0.717) is 48.4 Å². The van der Waals surface area contributed by atoms with E-state index < -0.39 is 12.0 Å². The number of hydrogen-bond donors (Lipinski definition) is 0. The molecule has 3 aromatic carbocycles. The monoisotopic (exact) mass is 658 g/mol. The van der Waals surface area contributed by atoms with Gasteiger partial charge in [0.1, 0.15) is 18.1 Å². The maximum absolute atomic E-state index is 13.9. The fourth-order valence-corrected chi connectivity index (χ4v) is 6.74. The SMILES string of the molecule is COC(=O)C1=C(C)N=c2s/c(=C/c3ccc(OC)c(COc4c(Cl)cc(Cl)cc4Cl)c3)c(=O)n2[C@@H]1c1ccc(OC)cc1. The highest BCUT2D eigenvalue weighted by Crippen LogP contribution is 2.37. The van der Waals surface area contributed by atoms with Gasteiger partial charge in [-0.15, -0.1) is 0 Å². The summed E-state index contributed by atoms with van der Waals surface area (Å²) < 4.78 is 23.8. The molecule has 0 amide bonds. The van der Waals surface area contributed by atoms with Gasteiger partial charge >= 0.3 is 5.97 Å². The molecule has 4 aromatic rings. The maximum Gasteiger partial charge on any atom is 0.338 e. The number of fused-ring (bicyclic) bond motifs is 1. The fraction of sp³-hybridized carbons (Fsp3) is 0.194. The maximum atomic E-state index is 13.9. The number of halogens is 3. The minimum atomic E-state index is -0.731. The topological polar surface area (TPSA) is 88.4 Å². The van der Waals surface area contributed by atoms with Crippen molar-refractivity contribution in [3.8, 4) is 17.2 Å². The Balaban J connectivity index is 1.57. The fourth-order valence-electron chi connectivity index (χ4n) is 4.76. The van der Waals surface area contributed by atoms with Crippen LogP contribution in [0.15, 0.2) is 75.7 Å². The van der Waals surface area contributed by atoms with E-state index in [0.717, 1.165) is 5.56 Å². The number of carbonyl (C=O) groups is 1. The summed E-state index contributed by atoms with van der Waals surface area (Å²) in [5.74, 6) is 0.967. The van der Waals surface area contributed by atoms with Gasteiger partial charge in [-0.05, 0) is 60.5 Å². The number of methoxy groups -OCH3 is 3. The van der Waals surface area contributed by atoms with E-state index in [9.17, 15) is 9.59 Å². The number of aromatic nitrogens is 1. The Morgan fingerprint density at radius 2 is 1.70 bits per heavy atom. The molecule has 0 saturated carbocycles. The Bertz CT molecular complexity index is 1910. The highest BCUT2D eigenvalue weighted by atomic mass is 35.5. The van der Waals surface area contributed by atoms with Crippen molar-refractivity contribution < 1.29 is 23.7 Å². The van der Waals surface area contributed by atoms with E-state index in [2.05, 4.69) is 4.99 Å². The molecule has 2 heterocycles. The minimum absolute atomic E-state index is 0.0896. The van der Waals surface area contributed by atoms with Gasteiger partial charge in [0, 0.05) is 10.6 Å². The molecule has 222 valence electrons. The molecule has 0 spiro atoms. The van der Waals surface area contributed by atoms with Crippen molar-refractivity contribution in [1.29, 1.82) is 0 Å². The molecule has 0 fully saturated rings. The predicted molar refractivity (Wildman–Crippen MR) is 168 cm³/mol. The molecule has 1 aromatic heterocycles. The van der Waals surface area contributed by atoms with Crippen LogP contribution in [-0.4, -0.2) is 31.9 Å². The number of esters is 1. The number of ether oxygens (including phenoxy) is 4. The van der Waals surface area contributed by atoms with Crippen molar-refractivity contribution in [2.45, 2.75) is 19.6 Å². The van der Waals surface area contributed by atoms with Crippen LogP contribution in [0.2, 0.25) is 15.1 Å². The Hall–Kier alpha value is -3.76. The summed E-state index contributed by atoms with van der Waals surface area (Å²) in [6, 6.07) is 15.0. The molecule has 43 heavy (non-hydrogen) atoms. The first-order chi connectivity index (χ1) is 20.6. The predicted octanol–water partition coefficient (Wildman–Crippen LogP) is 5.96. The zero-order chi connectivity index (χ0) is 30.8. The largest absolute Gasteiger partial charge is 0.497 e. The third kappa shape index (κ3) is 6.17. The van der Waals surface area contributed by atoms with Gasteiger partial charge in [-0.2, -0.15) is 0 Å². The molecular formula is C31H25Cl3N2O6S. The minimum Gasteiger partial charge on any atom is -0.497 e. The van der Waals surface area contributed by atoms with Gasteiger partial charge in [-0.25, -0.2) is 9.79 Å². The molecule has 12 heteroatoms. The zero-order valence-corrected chi connectivity index (χ0v) is 26.5. The van der Waals surface area contributed by atoms with E-state index in [-0.39, 0.29) is 27.8 Å². The molecule has 8 nitrogen and oxygen atoms in total. The highest BCUT2D eigenvalue weighted by Gasteiger charge is 2.33. The molecule has 0 bridgehead atoms. The number of thiazole rings is 1. The van der Waals surface area contributed by atoms with Gasteiger partial charge in [0.25, 0.3) is 5.56 Å². The van der Waals surface area contributed by atoms with Crippen molar-refractivity contribution >= 4 is 58.2 Å². The standard InChI is InChI=1S/C31H25Cl3N2O6S/c1-16-26(30(38)41-4)27(18-6-8-21(39-2)9-7-18)36-29(37)25(43-31(36)35-16)12-17-5-10-24(40-3)19(11-17)15-42-28-22(33)13-20(32)14-23(28)34/h5-14,27H,15H2,1-4H3/b25-12+/t27-/m1/s1. The van der Waals surface area contributed by atoms with Crippen molar-refractivity contribution in [3.05, 3.63) is 117 Å². The van der Waals surface area contributed by atoms with Crippen LogP contribution in [0.1, 0.15) is 29.7 Å². The van der Waals surface area contributed by atoms with Crippen molar-refractivity contribution in [2.75, 3.05) is 21.3 Å². The number of carbonyl (C=O) groups excluding carboxylic acids is 1. The molecule has 1 aliphatic rings. The lowest BCUT2D eigenvalue weighted by molar-refractivity contribution is -0.136. The van der Waals surface area contributed by atoms with Crippen LogP contribution < -0.4 is 29.1 Å². The number of hydrogen-bond acceptors (Lipinski definition) is 8. The van der Waals surface area contributed by atoms with E-state index in [1.807, 2.05) is 24.3 Å². The van der Waals surface area contributed by atoms with E-state index in [1.165, 1.54) is 23.0 Å². The molecule has 0 N–H and O–H groups in total. The van der Waals surface area contributed by atoms with Crippen LogP contribution in [0.5, 0.6) is 17.2 Å². The summed E-state index contributed by atoms with van der Waals surface area (Å²) in [6.07, 6.45) is 1.76. The summed E-state index contributed by atoms with van der Waals surface area (Å²) in [5, 5.41) is 0.954.